The van der Waals surface area contributed by atoms with Gasteiger partial charge in [-0.05, 0) is 59.0 Å². The van der Waals surface area contributed by atoms with E-state index in [2.05, 4.69) is 33.2 Å². The molecule has 0 unspecified atom stereocenters. The number of carbonyl (C=O) groups excluding carboxylic acids is 1. The van der Waals surface area contributed by atoms with Gasteiger partial charge in [-0.3, -0.25) is 0 Å². The van der Waals surface area contributed by atoms with Gasteiger partial charge in [0.25, 0.3) is 0 Å². The lowest BCUT2D eigenvalue weighted by Crippen LogP contribution is -2.28. The predicted octanol–water partition coefficient (Wildman–Crippen LogP) is 3.64. The number of methoxy groups -OCH3 is 3. The molecule has 2 aromatic carbocycles. The van der Waals surface area contributed by atoms with Crippen molar-refractivity contribution in [3.63, 3.8) is 0 Å². The van der Waals surface area contributed by atoms with Gasteiger partial charge < -0.3 is 24.8 Å². The summed E-state index contributed by atoms with van der Waals surface area (Å²) in [5.41, 5.74) is 1.51. The fourth-order valence-electron chi connectivity index (χ4n) is 2.19. The molecule has 7 heteroatoms. The van der Waals surface area contributed by atoms with Crippen LogP contribution in [-0.4, -0.2) is 27.4 Å². The molecule has 128 valence electrons. The maximum atomic E-state index is 12.0. The standard InChI is InChI=1S/C17H19IN2O4/c1-22-14-9-4-11(15(23-2)16(14)24-3)10-19-17(21)20-13-7-5-12(18)6-8-13/h4-9H,10H2,1-3H3,(H2,19,20,21). The zero-order valence-corrected chi connectivity index (χ0v) is 15.8. The van der Waals surface area contributed by atoms with Crippen molar-refractivity contribution in [2.45, 2.75) is 6.54 Å². The molecule has 24 heavy (non-hydrogen) atoms. The van der Waals surface area contributed by atoms with Crippen LogP contribution in [0.15, 0.2) is 36.4 Å². The van der Waals surface area contributed by atoms with Crippen molar-refractivity contribution in [1.82, 2.24) is 5.32 Å². The molecule has 0 fully saturated rings. The molecular formula is C17H19IN2O4. The fourth-order valence-corrected chi connectivity index (χ4v) is 2.55. The molecule has 0 spiro atoms. The molecule has 2 rings (SSSR count). The van der Waals surface area contributed by atoms with Gasteiger partial charge in [0.15, 0.2) is 11.5 Å². The number of hydrogen-bond donors (Lipinski definition) is 2. The van der Waals surface area contributed by atoms with Gasteiger partial charge in [0.1, 0.15) is 0 Å². The maximum absolute atomic E-state index is 12.0. The molecule has 0 radical (unpaired) electrons. The normalized spacial score (nSPS) is 10.0. The van der Waals surface area contributed by atoms with E-state index in [1.807, 2.05) is 30.3 Å². The number of nitrogens with one attached hydrogen (secondary N) is 2. The van der Waals surface area contributed by atoms with Crippen LogP contribution < -0.4 is 24.8 Å². The van der Waals surface area contributed by atoms with Crippen molar-refractivity contribution in [2.24, 2.45) is 0 Å². The van der Waals surface area contributed by atoms with Gasteiger partial charge in [-0.25, -0.2) is 4.79 Å². The fraction of sp³-hybridized carbons (Fsp3) is 0.235. The van der Waals surface area contributed by atoms with Crippen LogP contribution in [0.3, 0.4) is 0 Å². The highest BCUT2D eigenvalue weighted by Gasteiger charge is 2.16. The van der Waals surface area contributed by atoms with Gasteiger partial charge in [-0.15, -0.1) is 0 Å². The Kier molecular flexibility index (Phi) is 6.53. The van der Waals surface area contributed by atoms with Crippen LogP contribution in [0.2, 0.25) is 0 Å². The number of anilines is 1. The summed E-state index contributed by atoms with van der Waals surface area (Å²) in [5.74, 6) is 1.60. The van der Waals surface area contributed by atoms with Gasteiger partial charge in [-0.1, -0.05) is 0 Å². The smallest absolute Gasteiger partial charge is 0.319 e. The predicted molar refractivity (Wildman–Crippen MR) is 101 cm³/mol. The van der Waals surface area contributed by atoms with E-state index in [9.17, 15) is 4.79 Å². The Morgan fingerprint density at radius 1 is 0.958 bits per heavy atom. The van der Waals surface area contributed by atoms with E-state index in [-0.39, 0.29) is 6.03 Å². The Hall–Kier alpha value is -2.16. The molecule has 2 N–H and O–H groups in total. The van der Waals surface area contributed by atoms with Crippen molar-refractivity contribution >= 4 is 34.3 Å². The maximum Gasteiger partial charge on any atom is 0.319 e. The zero-order valence-electron chi connectivity index (χ0n) is 13.7. The van der Waals surface area contributed by atoms with E-state index in [0.717, 1.165) is 14.8 Å². The number of hydrogen-bond acceptors (Lipinski definition) is 4. The van der Waals surface area contributed by atoms with Crippen LogP contribution in [0.25, 0.3) is 0 Å². The van der Waals surface area contributed by atoms with Gasteiger partial charge in [0, 0.05) is 21.4 Å². The number of halogens is 1. The van der Waals surface area contributed by atoms with Crippen molar-refractivity contribution in [3.05, 3.63) is 45.5 Å². The first-order valence-corrected chi connectivity index (χ1v) is 8.25. The average Bonchev–Trinajstić information content (AvgIpc) is 2.60. The highest BCUT2D eigenvalue weighted by atomic mass is 127. The molecule has 0 bridgehead atoms. The Balaban J connectivity index is 2.05. The molecule has 6 nitrogen and oxygen atoms in total. The van der Waals surface area contributed by atoms with E-state index < -0.39 is 0 Å². The second-order valence-electron chi connectivity index (χ2n) is 4.81. The van der Waals surface area contributed by atoms with E-state index >= 15 is 0 Å². The molecule has 0 aliphatic heterocycles. The van der Waals surface area contributed by atoms with Gasteiger partial charge >= 0.3 is 6.03 Å². The van der Waals surface area contributed by atoms with Gasteiger partial charge in [-0.2, -0.15) is 0 Å². The van der Waals surface area contributed by atoms with Crippen LogP contribution in [0.4, 0.5) is 10.5 Å². The summed E-state index contributed by atoms with van der Waals surface area (Å²) in [5, 5.41) is 5.58. The second-order valence-corrected chi connectivity index (χ2v) is 6.05. The van der Waals surface area contributed by atoms with Crippen molar-refractivity contribution in [1.29, 1.82) is 0 Å². The Morgan fingerprint density at radius 3 is 2.21 bits per heavy atom. The van der Waals surface area contributed by atoms with Crippen molar-refractivity contribution < 1.29 is 19.0 Å². The molecule has 0 saturated heterocycles. The minimum Gasteiger partial charge on any atom is -0.493 e. The molecular weight excluding hydrogens is 423 g/mol. The van der Waals surface area contributed by atoms with Crippen LogP contribution in [-0.2, 0) is 6.54 Å². The molecule has 0 heterocycles. The number of benzene rings is 2. The van der Waals surface area contributed by atoms with Crippen LogP contribution in [0.1, 0.15) is 5.56 Å². The largest absolute Gasteiger partial charge is 0.493 e. The third kappa shape index (κ3) is 4.44. The van der Waals surface area contributed by atoms with E-state index in [1.54, 1.807) is 27.4 Å². The van der Waals surface area contributed by atoms with Gasteiger partial charge in [0.05, 0.1) is 21.3 Å². The molecule has 2 aromatic rings. The van der Waals surface area contributed by atoms with E-state index in [4.69, 9.17) is 14.2 Å². The Labute approximate surface area is 154 Å². The average molecular weight is 442 g/mol. The minimum atomic E-state index is -0.298. The highest BCUT2D eigenvalue weighted by Crippen LogP contribution is 2.39. The first-order valence-electron chi connectivity index (χ1n) is 7.17. The molecule has 0 aliphatic carbocycles. The summed E-state index contributed by atoms with van der Waals surface area (Å²) in [7, 11) is 4.65. The number of rotatable bonds is 6. The van der Waals surface area contributed by atoms with Crippen molar-refractivity contribution in [3.8, 4) is 17.2 Å². The quantitative estimate of drug-likeness (QED) is 0.671. The monoisotopic (exact) mass is 442 g/mol. The van der Waals surface area contributed by atoms with Crippen LogP contribution in [0, 0.1) is 3.57 Å². The van der Waals surface area contributed by atoms with Crippen molar-refractivity contribution in [2.75, 3.05) is 26.6 Å². The number of urea groups is 1. The Morgan fingerprint density at radius 2 is 1.62 bits per heavy atom. The summed E-state index contributed by atoms with van der Waals surface area (Å²) in [6, 6.07) is 10.8. The zero-order chi connectivity index (χ0) is 17.5. The SMILES string of the molecule is COc1ccc(CNC(=O)Nc2ccc(I)cc2)c(OC)c1OC. The van der Waals surface area contributed by atoms with Crippen LogP contribution >= 0.6 is 22.6 Å². The molecule has 0 aromatic heterocycles. The summed E-state index contributed by atoms with van der Waals surface area (Å²) >= 11 is 2.21. The summed E-state index contributed by atoms with van der Waals surface area (Å²) in [6.07, 6.45) is 0. The topological polar surface area (TPSA) is 68.8 Å². The summed E-state index contributed by atoms with van der Waals surface area (Å²) < 4.78 is 17.1. The number of carbonyl (C=O) groups is 1. The van der Waals surface area contributed by atoms with Gasteiger partial charge in [0.2, 0.25) is 5.75 Å². The minimum absolute atomic E-state index is 0.291. The van der Waals surface area contributed by atoms with E-state index in [0.29, 0.717) is 23.8 Å². The summed E-state index contributed by atoms with van der Waals surface area (Å²) in [4.78, 5) is 12.0. The summed E-state index contributed by atoms with van der Waals surface area (Å²) in [6.45, 7) is 0.291. The lowest BCUT2D eigenvalue weighted by molar-refractivity contribution is 0.251. The lowest BCUT2D eigenvalue weighted by Gasteiger charge is -2.16. The number of ether oxygens (including phenoxy) is 3. The lowest BCUT2D eigenvalue weighted by atomic mass is 10.1. The number of amides is 2. The van der Waals surface area contributed by atoms with Crippen LogP contribution in [0.5, 0.6) is 17.2 Å². The molecule has 0 atom stereocenters. The first kappa shape index (κ1) is 18.2. The molecule has 2 amide bonds. The highest BCUT2D eigenvalue weighted by molar-refractivity contribution is 14.1. The third-order valence-electron chi connectivity index (χ3n) is 3.33. The molecule has 0 aliphatic rings. The second kappa shape index (κ2) is 8.62. The van der Waals surface area contributed by atoms with E-state index in [1.165, 1.54) is 0 Å². The molecule has 0 saturated carbocycles. The first-order chi connectivity index (χ1) is 11.6. The Bertz CT molecular complexity index is 704. The third-order valence-corrected chi connectivity index (χ3v) is 4.05.